The molecule has 0 aliphatic rings. The first-order valence-corrected chi connectivity index (χ1v) is 16.3. The lowest BCUT2D eigenvalue weighted by molar-refractivity contribution is 0.561. The van der Waals surface area contributed by atoms with Crippen LogP contribution in [0, 0.1) is 6.92 Å². The van der Waals surface area contributed by atoms with Crippen molar-refractivity contribution in [2.45, 2.75) is 149 Å². The van der Waals surface area contributed by atoms with Gasteiger partial charge in [0.2, 0.25) is 0 Å². The summed E-state index contributed by atoms with van der Waals surface area (Å²) in [5.74, 6) is 0. The lowest BCUT2D eigenvalue weighted by Crippen LogP contribution is -2.07. The van der Waals surface area contributed by atoms with Crippen LogP contribution < -0.4 is 5.30 Å². The van der Waals surface area contributed by atoms with Gasteiger partial charge in [-0.15, -0.1) is 0 Å². The lowest BCUT2D eigenvalue weighted by Gasteiger charge is -2.18. The Morgan fingerprint density at radius 1 is 0.438 bits per heavy atom. The van der Waals surface area contributed by atoms with Crippen molar-refractivity contribution in [2.24, 2.45) is 0 Å². The third-order valence-corrected chi connectivity index (χ3v) is 9.70. The quantitative estimate of drug-likeness (QED) is 0.112. The molecular weight excluding hydrogens is 403 g/mol. The van der Waals surface area contributed by atoms with E-state index in [0.29, 0.717) is 0 Å². The van der Waals surface area contributed by atoms with Gasteiger partial charge in [-0.2, -0.15) is 0 Å². The molecule has 0 saturated carbocycles. The van der Waals surface area contributed by atoms with E-state index in [-0.39, 0.29) is 7.92 Å². The molecule has 0 nitrogen and oxygen atoms in total. The molecule has 0 amide bonds. The van der Waals surface area contributed by atoms with Gasteiger partial charge in [-0.05, 0) is 37.4 Å². The summed E-state index contributed by atoms with van der Waals surface area (Å²) in [5.41, 5.74) is 1.40. The van der Waals surface area contributed by atoms with E-state index in [1.54, 1.807) is 5.30 Å². The minimum Gasteiger partial charge on any atom is -0.0753 e. The maximum atomic E-state index is 2.44. The zero-order chi connectivity index (χ0) is 23.1. The second-order valence-electron chi connectivity index (χ2n) is 10.2. The summed E-state index contributed by atoms with van der Waals surface area (Å²) in [4.78, 5) is 0. The zero-order valence-corrected chi connectivity index (χ0v) is 23.2. The Balaban J connectivity index is 2.16. The van der Waals surface area contributed by atoms with Crippen LogP contribution in [0.4, 0.5) is 0 Å². The summed E-state index contributed by atoms with van der Waals surface area (Å²) >= 11 is 0. The molecule has 1 rings (SSSR count). The highest BCUT2D eigenvalue weighted by Gasteiger charge is 2.10. The van der Waals surface area contributed by atoms with Gasteiger partial charge < -0.3 is 0 Å². The van der Waals surface area contributed by atoms with E-state index in [4.69, 9.17) is 0 Å². The van der Waals surface area contributed by atoms with Crippen LogP contribution in [-0.2, 0) is 0 Å². The second-order valence-corrected chi connectivity index (χ2v) is 12.7. The van der Waals surface area contributed by atoms with E-state index >= 15 is 0 Å². The average molecular weight is 461 g/mol. The molecule has 0 fully saturated rings. The molecule has 0 saturated heterocycles. The fourth-order valence-corrected chi connectivity index (χ4v) is 7.23. The molecule has 0 radical (unpaired) electrons. The van der Waals surface area contributed by atoms with Crippen LogP contribution in [0.25, 0.3) is 0 Å². The van der Waals surface area contributed by atoms with E-state index in [1.165, 1.54) is 146 Å². The summed E-state index contributed by atoms with van der Waals surface area (Å²) in [6.45, 7) is 6.83. The standard InChI is InChI=1S/C31H57P/c1-4-6-8-10-12-14-16-18-20-22-28-32(31-26-24-30(3)25-27-31)29-23-21-19-17-15-13-11-9-7-5-2/h24-27H,4-23,28-29H2,1-3H3. The van der Waals surface area contributed by atoms with Crippen LogP contribution in [-0.4, -0.2) is 12.3 Å². The van der Waals surface area contributed by atoms with Gasteiger partial charge in [0.1, 0.15) is 0 Å². The number of unbranched alkanes of at least 4 members (excludes halogenated alkanes) is 18. The molecule has 186 valence electrons. The number of hydrogen-bond acceptors (Lipinski definition) is 0. The minimum absolute atomic E-state index is 0.0628. The maximum Gasteiger partial charge on any atom is -0.0240 e. The summed E-state index contributed by atoms with van der Waals surface area (Å²) in [7, 11) is 0.0628. The summed E-state index contributed by atoms with van der Waals surface area (Å²) < 4.78 is 0. The molecule has 1 aromatic rings. The number of hydrogen-bond donors (Lipinski definition) is 0. The van der Waals surface area contributed by atoms with E-state index in [0.717, 1.165) is 0 Å². The highest BCUT2D eigenvalue weighted by Crippen LogP contribution is 2.37. The highest BCUT2D eigenvalue weighted by molar-refractivity contribution is 7.65. The Hall–Kier alpha value is -0.350. The van der Waals surface area contributed by atoms with Crippen molar-refractivity contribution in [3.8, 4) is 0 Å². The maximum absolute atomic E-state index is 2.44. The van der Waals surface area contributed by atoms with Crippen molar-refractivity contribution in [1.29, 1.82) is 0 Å². The molecule has 0 spiro atoms. The molecule has 0 N–H and O–H groups in total. The third kappa shape index (κ3) is 17.2. The molecule has 0 unspecified atom stereocenters. The Kier molecular flexibility index (Phi) is 20.8. The molecule has 0 atom stereocenters. The Morgan fingerprint density at radius 3 is 1.09 bits per heavy atom. The first-order valence-electron chi connectivity index (χ1n) is 14.6. The third-order valence-electron chi connectivity index (χ3n) is 6.96. The topological polar surface area (TPSA) is 0 Å². The minimum atomic E-state index is 0.0628. The van der Waals surface area contributed by atoms with Crippen molar-refractivity contribution in [3.05, 3.63) is 29.8 Å². The van der Waals surface area contributed by atoms with Crippen molar-refractivity contribution in [1.82, 2.24) is 0 Å². The normalized spacial score (nSPS) is 11.5. The SMILES string of the molecule is CCCCCCCCCCCCP(CCCCCCCCCCCC)c1ccc(C)cc1. The Morgan fingerprint density at radius 2 is 0.750 bits per heavy atom. The first-order chi connectivity index (χ1) is 15.8. The predicted octanol–water partition coefficient (Wildman–Crippen LogP) is 10.9. The number of benzene rings is 1. The Labute approximate surface area is 204 Å². The molecular formula is C31H57P. The van der Waals surface area contributed by atoms with Crippen molar-refractivity contribution in [3.63, 3.8) is 0 Å². The van der Waals surface area contributed by atoms with Gasteiger partial charge in [0.15, 0.2) is 0 Å². The van der Waals surface area contributed by atoms with Gasteiger partial charge in [0.05, 0.1) is 0 Å². The van der Waals surface area contributed by atoms with Crippen molar-refractivity contribution < 1.29 is 0 Å². The Bertz CT molecular complexity index is 468. The molecule has 0 heterocycles. The van der Waals surface area contributed by atoms with Gasteiger partial charge in [0.25, 0.3) is 0 Å². The van der Waals surface area contributed by atoms with E-state index in [9.17, 15) is 0 Å². The van der Waals surface area contributed by atoms with Crippen LogP contribution in [0.5, 0.6) is 0 Å². The molecule has 0 bridgehead atoms. The predicted molar refractivity (Wildman–Crippen MR) is 151 cm³/mol. The molecule has 1 aromatic carbocycles. The van der Waals surface area contributed by atoms with Gasteiger partial charge >= 0.3 is 0 Å². The van der Waals surface area contributed by atoms with Gasteiger partial charge in [-0.1, -0.05) is 167 Å². The van der Waals surface area contributed by atoms with E-state index in [2.05, 4.69) is 45.0 Å². The zero-order valence-electron chi connectivity index (χ0n) is 22.3. The van der Waals surface area contributed by atoms with Crippen LogP contribution >= 0.6 is 7.92 Å². The highest BCUT2D eigenvalue weighted by atomic mass is 31.1. The summed E-state index contributed by atoms with van der Waals surface area (Å²) in [5, 5.41) is 1.66. The van der Waals surface area contributed by atoms with Crippen LogP contribution in [0.15, 0.2) is 24.3 Å². The molecule has 0 aliphatic carbocycles. The largest absolute Gasteiger partial charge is 0.0753 e. The van der Waals surface area contributed by atoms with Crippen molar-refractivity contribution in [2.75, 3.05) is 12.3 Å². The fourth-order valence-electron chi connectivity index (χ4n) is 4.71. The molecule has 0 aromatic heterocycles. The molecule has 1 heteroatoms. The summed E-state index contributed by atoms with van der Waals surface area (Å²) in [6.07, 6.45) is 31.9. The lowest BCUT2D eigenvalue weighted by atomic mass is 10.1. The van der Waals surface area contributed by atoms with Crippen molar-refractivity contribution >= 4 is 13.2 Å². The van der Waals surface area contributed by atoms with Gasteiger partial charge in [-0.3, -0.25) is 0 Å². The number of aryl methyl sites for hydroxylation is 1. The second kappa shape index (κ2) is 22.4. The molecule has 32 heavy (non-hydrogen) atoms. The van der Waals surface area contributed by atoms with Gasteiger partial charge in [-0.25, -0.2) is 0 Å². The monoisotopic (exact) mass is 460 g/mol. The summed E-state index contributed by atoms with van der Waals surface area (Å²) in [6, 6.07) is 9.55. The van der Waals surface area contributed by atoms with Crippen LogP contribution in [0.2, 0.25) is 0 Å². The fraction of sp³-hybridized carbons (Fsp3) is 0.806. The van der Waals surface area contributed by atoms with E-state index in [1.807, 2.05) is 0 Å². The van der Waals surface area contributed by atoms with E-state index < -0.39 is 0 Å². The molecule has 0 aliphatic heterocycles. The van der Waals surface area contributed by atoms with Crippen LogP contribution in [0.1, 0.15) is 148 Å². The average Bonchev–Trinajstić information content (AvgIpc) is 2.80. The number of rotatable bonds is 23. The van der Waals surface area contributed by atoms with Crippen LogP contribution in [0.3, 0.4) is 0 Å². The smallest absolute Gasteiger partial charge is 0.0240 e. The first kappa shape index (κ1) is 29.7. The van der Waals surface area contributed by atoms with Gasteiger partial charge in [0, 0.05) is 0 Å².